The predicted octanol–water partition coefficient (Wildman–Crippen LogP) is 1.94. The molecule has 1 aliphatic rings. The number of aryl methyl sites for hydroxylation is 2. The first-order valence-electron chi connectivity index (χ1n) is 8.09. The molecule has 0 aromatic heterocycles. The number of carbonyl (C=O) groups excluding carboxylic acids is 2. The van der Waals surface area contributed by atoms with E-state index in [1.54, 1.807) is 14.0 Å². The SMILES string of the molecule is COc1c(C)cc(C)cc1CC(=O)N1CCCN(C(C)=O)CC1. The number of hydrogen-bond donors (Lipinski definition) is 0. The second-order valence-electron chi connectivity index (χ2n) is 6.19. The molecule has 2 rings (SSSR count). The molecule has 0 unspecified atom stereocenters. The molecule has 0 N–H and O–H groups in total. The minimum Gasteiger partial charge on any atom is -0.496 e. The first-order chi connectivity index (χ1) is 10.9. The quantitative estimate of drug-likeness (QED) is 0.856. The molecule has 23 heavy (non-hydrogen) atoms. The Bertz CT molecular complexity index is 598. The number of hydrogen-bond acceptors (Lipinski definition) is 3. The molecule has 1 saturated heterocycles. The summed E-state index contributed by atoms with van der Waals surface area (Å²) in [7, 11) is 1.64. The topological polar surface area (TPSA) is 49.9 Å². The van der Waals surface area contributed by atoms with Gasteiger partial charge in [-0.05, 0) is 25.8 Å². The van der Waals surface area contributed by atoms with Crippen molar-refractivity contribution < 1.29 is 14.3 Å². The van der Waals surface area contributed by atoms with Gasteiger partial charge in [-0.3, -0.25) is 9.59 Å². The third-order valence-corrected chi connectivity index (χ3v) is 4.34. The van der Waals surface area contributed by atoms with Crippen molar-refractivity contribution in [2.24, 2.45) is 0 Å². The van der Waals surface area contributed by atoms with Crippen LogP contribution in [0.4, 0.5) is 0 Å². The van der Waals surface area contributed by atoms with E-state index in [0.717, 1.165) is 35.4 Å². The fourth-order valence-electron chi connectivity index (χ4n) is 3.22. The zero-order chi connectivity index (χ0) is 17.0. The standard InChI is InChI=1S/C18H26N2O3/c1-13-10-14(2)18(23-4)16(11-13)12-17(22)20-7-5-6-19(8-9-20)15(3)21/h10-11H,5-9,12H2,1-4H3. The van der Waals surface area contributed by atoms with E-state index in [1.807, 2.05) is 29.7 Å². The van der Waals surface area contributed by atoms with Gasteiger partial charge in [-0.25, -0.2) is 0 Å². The Morgan fingerprint density at radius 2 is 1.74 bits per heavy atom. The van der Waals surface area contributed by atoms with Crippen molar-refractivity contribution in [2.75, 3.05) is 33.3 Å². The molecule has 2 amide bonds. The largest absolute Gasteiger partial charge is 0.496 e. The summed E-state index contributed by atoms with van der Waals surface area (Å²) >= 11 is 0. The number of rotatable bonds is 3. The molecular formula is C18H26N2O3. The minimum absolute atomic E-state index is 0.0790. The fourth-order valence-corrected chi connectivity index (χ4v) is 3.22. The lowest BCUT2D eigenvalue weighted by Gasteiger charge is -2.22. The van der Waals surface area contributed by atoms with Crippen LogP contribution in [0.3, 0.4) is 0 Å². The Kier molecular flexibility index (Phi) is 5.64. The van der Waals surface area contributed by atoms with E-state index >= 15 is 0 Å². The number of ether oxygens (including phenoxy) is 1. The normalized spacial score (nSPS) is 15.3. The Balaban J connectivity index is 2.09. The first-order valence-corrected chi connectivity index (χ1v) is 8.09. The summed E-state index contributed by atoms with van der Waals surface area (Å²) in [5, 5.41) is 0. The van der Waals surface area contributed by atoms with Crippen LogP contribution in [-0.4, -0.2) is 54.9 Å². The molecule has 5 heteroatoms. The number of nitrogens with zero attached hydrogens (tertiary/aromatic N) is 2. The highest BCUT2D eigenvalue weighted by molar-refractivity contribution is 5.80. The Hall–Kier alpha value is -2.04. The Labute approximate surface area is 138 Å². The van der Waals surface area contributed by atoms with E-state index in [9.17, 15) is 9.59 Å². The highest BCUT2D eigenvalue weighted by atomic mass is 16.5. The number of methoxy groups -OCH3 is 1. The van der Waals surface area contributed by atoms with Crippen LogP contribution in [0.15, 0.2) is 12.1 Å². The van der Waals surface area contributed by atoms with Crippen molar-refractivity contribution in [2.45, 2.75) is 33.6 Å². The average Bonchev–Trinajstić information content (AvgIpc) is 2.72. The van der Waals surface area contributed by atoms with E-state index in [-0.39, 0.29) is 11.8 Å². The molecule has 0 saturated carbocycles. The summed E-state index contributed by atoms with van der Waals surface area (Å²) in [6, 6.07) is 4.08. The average molecular weight is 318 g/mol. The minimum atomic E-state index is 0.0790. The van der Waals surface area contributed by atoms with Crippen LogP contribution in [0.25, 0.3) is 0 Å². The molecule has 0 bridgehead atoms. The molecule has 5 nitrogen and oxygen atoms in total. The third kappa shape index (κ3) is 4.24. The highest BCUT2D eigenvalue weighted by Gasteiger charge is 2.21. The molecule has 126 valence electrons. The molecule has 1 aliphatic heterocycles. The maximum atomic E-state index is 12.7. The lowest BCUT2D eigenvalue weighted by atomic mass is 10.0. The number of benzene rings is 1. The third-order valence-electron chi connectivity index (χ3n) is 4.34. The lowest BCUT2D eigenvalue weighted by Crippen LogP contribution is -2.37. The van der Waals surface area contributed by atoms with Gasteiger partial charge in [0, 0.05) is 38.7 Å². The summed E-state index contributed by atoms with van der Waals surface area (Å²) in [6.45, 7) is 8.25. The van der Waals surface area contributed by atoms with Crippen LogP contribution in [0.1, 0.15) is 30.0 Å². The summed E-state index contributed by atoms with van der Waals surface area (Å²) in [5.74, 6) is 0.970. The number of carbonyl (C=O) groups is 2. The van der Waals surface area contributed by atoms with Crippen molar-refractivity contribution in [1.82, 2.24) is 9.80 Å². The second kappa shape index (κ2) is 7.49. The molecular weight excluding hydrogens is 292 g/mol. The summed E-state index contributed by atoms with van der Waals surface area (Å²) in [5.41, 5.74) is 3.11. The van der Waals surface area contributed by atoms with Crippen molar-refractivity contribution in [3.05, 3.63) is 28.8 Å². The summed E-state index contributed by atoms with van der Waals surface area (Å²) < 4.78 is 5.47. The molecule has 1 aromatic carbocycles. The maximum Gasteiger partial charge on any atom is 0.227 e. The fraction of sp³-hybridized carbons (Fsp3) is 0.556. The van der Waals surface area contributed by atoms with E-state index in [2.05, 4.69) is 6.07 Å². The molecule has 1 heterocycles. The van der Waals surface area contributed by atoms with Gasteiger partial charge in [-0.15, -0.1) is 0 Å². The highest BCUT2D eigenvalue weighted by Crippen LogP contribution is 2.26. The smallest absolute Gasteiger partial charge is 0.227 e. The molecule has 0 spiro atoms. The Morgan fingerprint density at radius 1 is 1.09 bits per heavy atom. The van der Waals surface area contributed by atoms with Gasteiger partial charge in [0.15, 0.2) is 0 Å². The van der Waals surface area contributed by atoms with Gasteiger partial charge in [0.25, 0.3) is 0 Å². The van der Waals surface area contributed by atoms with Crippen LogP contribution in [0.5, 0.6) is 5.75 Å². The molecule has 0 atom stereocenters. The molecule has 1 aromatic rings. The van der Waals surface area contributed by atoms with Gasteiger partial charge < -0.3 is 14.5 Å². The monoisotopic (exact) mass is 318 g/mol. The van der Waals surface area contributed by atoms with Crippen molar-refractivity contribution >= 4 is 11.8 Å². The zero-order valence-electron chi connectivity index (χ0n) is 14.5. The van der Waals surface area contributed by atoms with Gasteiger partial charge in [-0.2, -0.15) is 0 Å². The van der Waals surface area contributed by atoms with Gasteiger partial charge in [0.05, 0.1) is 13.5 Å². The zero-order valence-corrected chi connectivity index (χ0v) is 14.5. The van der Waals surface area contributed by atoms with E-state index in [0.29, 0.717) is 26.1 Å². The van der Waals surface area contributed by atoms with E-state index < -0.39 is 0 Å². The van der Waals surface area contributed by atoms with Gasteiger partial charge in [0.2, 0.25) is 11.8 Å². The number of amides is 2. The maximum absolute atomic E-state index is 12.7. The van der Waals surface area contributed by atoms with Gasteiger partial charge in [0.1, 0.15) is 5.75 Å². The van der Waals surface area contributed by atoms with Crippen LogP contribution < -0.4 is 4.74 Å². The van der Waals surface area contributed by atoms with Crippen LogP contribution in [-0.2, 0) is 16.0 Å². The van der Waals surface area contributed by atoms with E-state index in [1.165, 1.54) is 0 Å². The van der Waals surface area contributed by atoms with Gasteiger partial charge >= 0.3 is 0 Å². The summed E-state index contributed by atoms with van der Waals surface area (Å²) in [4.78, 5) is 27.8. The molecule has 0 radical (unpaired) electrons. The first kappa shape index (κ1) is 17.3. The molecule has 0 aliphatic carbocycles. The lowest BCUT2D eigenvalue weighted by molar-refractivity contribution is -0.132. The van der Waals surface area contributed by atoms with Crippen molar-refractivity contribution in [3.63, 3.8) is 0 Å². The van der Waals surface area contributed by atoms with Crippen molar-refractivity contribution in [3.8, 4) is 5.75 Å². The van der Waals surface area contributed by atoms with Crippen LogP contribution in [0.2, 0.25) is 0 Å². The predicted molar refractivity (Wildman–Crippen MR) is 89.6 cm³/mol. The Morgan fingerprint density at radius 3 is 2.39 bits per heavy atom. The van der Waals surface area contributed by atoms with Crippen LogP contribution >= 0.6 is 0 Å². The van der Waals surface area contributed by atoms with Crippen LogP contribution in [0, 0.1) is 13.8 Å². The summed E-state index contributed by atoms with van der Waals surface area (Å²) in [6.07, 6.45) is 1.17. The van der Waals surface area contributed by atoms with E-state index in [4.69, 9.17) is 4.74 Å². The molecule has 1 fully saturated rings. The second-order valence-corrected chi connectivity index (χ2v) is 6.19. The van der Waals surface area contributed by atoms with Gasteiger partial charge in [-0.1, -0.05) is 17.7 Å². The van der Waals surface area contributed by atoms with Crippen molar-refractivity contribution in [1.29, 1.82) is 0 Å².